The third-order valence-electron chi connectivity index (χ3n) is 5.09. The number of nitrogens with zero attached hydrogens (tertiary/aromatic N) is 5. The molecule has 31 heavy (non-hydrogen) atoms. The topological polar surface area (TPSA) is 69.8 Å². The van der Waals surface area contributed by atoms with Crippen molar-refractivity contribution >= 4 is 5.96 Å². The van der Waals surface area contributed by atoms with Crippen LogP contribution in [0.15, 0.2) is 33.8 Å². The minimum absolute atomic E-state index is 0.198. The predicted molar refractivity (Wildman–Crippen MR) is 111 cm³/mol. The number of aliphatic imine (C=N–C) groups is 1. The van der Waals surface area contributed by atoms with Crippen molar-refractivity contribution in [2.45, 2.75) is 45.5 Å². The number of alkyl halides is 3. The van der Waals surface area contributed by atoms with Gasteiger partial charge in [0.05, 0.1) is 12.1 Å². The van der Waals surface area contributed by atoms with Crippen LogP contribution >= 0.6 is 0 Å². The Labute approximate surface area is 180 Å². The summed E-state index contributed by atoms with van der Waals surface area (Å²) in [6.45, 7) is 10.2. The number of halogens is 3. The summed E-state index contributed by atoms with van der Waals surface area (Å²) in [6, 6.07) is 5.37. The van der Waals surface area contributed by atoms with Gasteiger partial charge in [0.1, 0.15) is 0 Å². The molecule has 0 atom stereocenters. The molecule has 3 rings (SSSR count). The van der Waals surface area contributed by atoms with Crippen molar-refractivity contribution in [1.82, 2.24) is 25.3 Å². The van der Waals surface area contributed by atoms with Crippen molar-refractivity contribution in [3.05, 3.63) is 47.1 Å². The number of guanidine groups is 1. The Hall–Kier alpha value is -2.62. The van der Waals surface area contributed by atoms with Crippen LogP contribution in [0, 0.1) is 0 Å². The van der Waals surface area contributed by atoms with E-state index in [1.807, 2.05) is 20.8 Å². The second-order valence-electron chi connectivity index (χ2n) is 8.62. The highest BCUT2D eigenvalue weighted by Crippen LogP contribution is 2.29. The zero-order valence-corrected chi connectivity index (χ0v) is 18.3. The van der Waals surface area contributed by atoms with Gasteiger partial charge in [-0.05, 0) is 17.7 Å². The Balaban J connectivity index is 1.48. The van der Waals surface area contributed by atoms with Crippen molar-refractivity contribution in [2.75, 3.05) is 33.2 Å². The van der Waals surface area contributed by atoms with E-state index in [9.17, 15) is 13.2 Å². The van der Waals surface area contributed by atoms with E-state index in [-0.39, 0.29) is 5.41 Å². The molecular weight excluding hydrogens is 409 g/mol. The molecule has 1 N–H and O–H groups in total. The molecule has 2 heterocycles. The second kappa shape index (κ2) is 9.25. The van der Waals surface area contributed by atoms with Crippen LogP contribution in [0.1, 0.15) is 43.6 Å². The number of nitrogens with one attached hydrogen (secondary N) is 1. The number of hydrogen-bond acceptors (Lipinski definition) is 5. The fourth-order valence-corrected chi connectivity index (χ4v) is 3.30. The molecule has 0 bridgehead atoms. The number of hydrogen-bond donors (Lipinski definition) is 1. The van der Waals surface area contributed by atoms with E-state index in [4.69, 9.17) is 4.52 Å². The van der Waals surface area contributed by atoms with E-state index in [1.165, 1.54) is 0 Å². The lowest BCUT2D eigenvalue weighted by atomic mass is 9.97. The third kappa shape index (κ3) is 6.19. The molecule has 7 nitrogen and oxygen atoms in total. The summed E-state index contributed by atoms with van der Waals surface area (Å²) in [7, 11) is 1.73. The van der Waals surface area contributed by atoms with Crippen LogP contribution in [-0.4, -0.2) is 59.1 Å². The van der Waals surface area contributed by atoms with Gasteiger partial charge in [0, 0.05) is 45.2 Å². The zero-order valence-electron chi connectivity index (χ0n) is 18.3. The van der Waals surface area contributed by atoms with Gasteiger partial charge in [-0.25, -0.2) is 0 Å². The SMILES string of the molecule is CN=C(NCc1noc(C(C)(C)C)n1)N1CCN(Cc2ccc(C(F)(F)F)cc2)CC1. The molecule has 170 valence electrons. The first-order valence-electron chi connectivity index (χ1n) is 10.2. The van der Waals surface area contributed by atoms with Crippen molar-refractivity contribution in [1.29, 1.82) is 0 Å². The first-order chi connectivity index (χ1) is 14.6. The summed E-state index contributed by atoms with van der Waals surface area (Å²) in [4.78, 5) is 13.1. The van der Waals surface area contributed by atoms with Crippen LogP contribution in [0.4, 0.5) is 13.2 Å². The van der Waals surface area contributed by atoms with E-state index in [2.05, 4.69) is 30.2 Å². The minimum atomic E-state index is -4.30. The Kier molecular flexibility index (Phi) is 6.88. The molecule has 1 aromatic carbocycles. The molecular formula is C21H29F3N6O. The van der Waals surface area contributed by atoms with Gasteiger partial charge < -0.3 is 14.7 Å². The Bertz CT molecular complexity index is 878. The van der Waals surface area contributed by atoms with Crippen molar-refractivity contribution in [3.63, 3.8) is 0 Å². The summed E-state index contributed by atoms with van der Waals surface area (Å²) in [5.74, 6) is 1.93. The molecule has 1 aliphatic heterocycles. The molecule has 1 saturated heterocycles. The first-order valence-corrected chi connectivity index (χ1v) is 10.2. The van der Waals surface area contributed by atoms with Crippen LogP contribution in [-0.2, 0) is 24.7 Å². The smallest absolute Gasteiger partial charge is 0.349 e. The lowest BCUT2D eigenvalue weighted by molar-refractivity contribution is -0.137. The predicted octanol–water partition coefficient (Wildman–Crippen LogP) is 3.28. The highest BCUT2D eigenvalue weighted by atomic mass is 19.4. The quantitative estimate of drug-likeness (QED) is 0.584. The fourth-order valence-electron chi connectivity index (χ4n) is 3.30. The molecule has 1 aromatic heterocycles. The lowest BCUT2D eigenvalue weighted by Crippen LogP contribution is -2.52. The van der Waals surface area contributed by atoms with Crippen LogP contribution in [0.3, 0.4) is 0 Å². The lowest BCUT2D eigenvalue weighted by Gasteiger charge is -2.36. The molecule has 10 heteroatoms. The normalized spacial score (nSPS) is 16.6. The number of aromatic nitrogens is 2. The van der Waals surface area contributed by atoms with Crippen molar-refractivity contribution in [2.24, 2.45) is 4.99 Å². The molecule has 0 spiro atoms. The van der Waals surface area contributed by atoms with Gasteiger partial charge in [-0.15, -0.1) is 0 Å². The van der Waals surface area contributed by atoms with E-state index < -0.39 is 11.7 Å². The van der Waals surface area contributed by atoms with E-state index >= 15 is 0 Å². The first kappa shape index (κ1) is 23.1. The average Bonchev–Trinajstić information content (AvgIpc) is 3.19. The molecule has 2 aromatic rings. The monoisotopic (exact) mass is 438 g/mol. The Morgan fingerprint density at radius 2 is 1.74 bits per heavy atom. The van der Waals surface area contributed by atoms with Gasteiger partial charge in [-0.3, -0.25) is 9.89 Å². The maximum absolute atomic E-state index is 12.7. The maximum Gasteiger partial charge on any atom is 0.416 e. The van der Waals surface area contributed by atoms with Gasteiger partial charge in [0.2, 0.25) is 5.89 Å². The second-order valence-corrected chi connectivity index (χ2v) is 8.62. The van der Waals surface area contributed by atoms with E-state index in [1.54, 1.807) is 19.2 Å². The highest BCUT2D eigenvalue weighted by Gasteiger charge is 2.30. The van der Waals surface area contributed by atoms with Crippen LogP contribution in [0.25, 0.3) is 0 Å². The van der Waals surface area contributed by atoms with Gasteiger partial charge in [-0.2, -0.15) is 18.2 Å². The number of rotatable bonds is 4. The molecule has 0 unspecified atom stereocenters. The zero-order chi connectivity index (χ0) is 22.6. The van der Waals surface area contributed by atoms with Crippen molar-refractivity contribution in [3.8, 4) is 0 Å². The summed E-state index contributed by atoms with van der Waals surface area (Å²) in [5.41, 5.74) is 0.0546. The molecule has 0 radical (unpaired) electrons. The Morgan fingerprint density at radius 1 is 1.10 bits per heavy atom. The van der Waals surface area contributed by atoms with Crippen LogP contribution in [0.2, 0.25) is 0 Å². The van der Waals surface area contributed by atoms with Crippen LogP contribution in [0.5, 0.6) is 0 Å². The van der Waals surface area contributed by atoms with Crippen molar-refractivity contribution < 1.29 is 17.7 Å². The largest absolute Gasteiger partial charge is 0.416 e. The van der Waals surface area contributed by atoms with Gasteiger partial charge in [-0.1, -0.05) is 38.1 Å². The minimum Gasteiger partial charge on any atom is -0.349 e. The number of piperazine rings is 1. The van der Waals surface area contributed by atoms with Crippen LogP contribution < -0.4 is 5.32 Å². The Morgan fingerprint density at radius 3 is 2.26 bits per heavy atom. The maximum atomic E-state index is 12.7. The summed E-state index contributed by atoms with van der Waals surface area (Å²) in [5, 5.41) is 7.28. The molecule has 0 saturated carbocycles. The molecule has 1 fully saturated rings. The fraction of sp³-hybridized carbons (Fsp3) is 0.571. The number of benzene rings is 1. The van der Waals surface area contributed by atoms with Gasteiger partial charge >= 0.3 is 6.18 Å². The van der Waals surface area contributed by atoms with E-state index in [0.717, 1.165) is 49.8 Å². The summed E-state index contributed by atoms with van der Waals surface area (Å²) < 4.78 is 43.4. The summed E-state index contributed by atoms with van der Waals surface area (Å²) in [6.07, 6.45) is -4.30. The molecule has 1 aliphatic rings. The van der Waals surface area contributed by atoms with E-state index in [0.29, 0.717) is 24.8 Å². The third-order valence-corrected chi connectivity index (χ3v) is 5.09. The van der Waals surface area contributed by atoms with Gasteiger partial charge in [0.25, 0.3) is 0 Å². The van der Waals surface area contributed by atoms with Gasteiger partial charge in [0.15, 0.2) is 11.8 Å². The standard InChI is InChI=1S/C21H29F3N6O/c1-20(2,3)18-27-17(28-31-18)13-26-19(25-4)30-11-9-29(10-12-30)14-15-5-7-16(8-6-15)21(22,23)24/h5-8H,9-14H2,1-4H3,(H,25,26). The highest BCUT2D eigenvalue weighted by molar-refractivity contribution is 5.79. The molecule has 0 amide bonds. The molecule has 0 aliphatic carbocycles. The average molecular weight is 438 g/mol. The summed E-state index contributed by atoms with van der Waals surface area (Å²) >= 11 is 0.